The van der Waals surface area contributed by atoms with E-state index in [1.54, 1.807) is 36.2 Å². The molecule has 7 nitrogen and oxygen atoms in total. The lowest BCUT2D eigenvalue weighted by Gasteiger charge is -2.17. The molecular formula is C17H17Cl2N3O4. The molecule has 2 aromatic rings. The second-order valence-electron chi connectivity index (χ2n) is 5.60. The molecule has 2 aromatic carbocycles. The normalized spacial score (nSPS) is 10.7. The SMILES string of the molecule is COc1ccc(NC(=O)CN(C)Cc2ccc(Cl)cc2Cl)c([N+](=O)[O-])c1. The highest BCUT2D eigenvalue weighted by molar-refractivity contribution is 6.35. The van der Waals surface area contributed by atoms with Crippen molar-refractivity contribution in [1.82, 2.24) is 4.90 Å². The van der Waals surface area contributed by atoms with Crippen LogP contribution in [0, 0.1) is 10.1 Å². The first-order chi connectivity index (χ1) is 12.3. The van der Waals surface area contributed by atoms with Crippen molar-refractivity contribution in [1.29, 1.82) is 0 Å². The van der Waals surface area contributed by atoms with Gasteiger partial charge in [0.15, 0.2) is 0 Å². The fourth-order valence-corrected chi connectivity index (χ4v) is 2.79. The second kappa shape index (κ2) is 8.84. The first kappa shape index (κ1) is 20.0. The Balaban J connectivity index is 2.03. The third-order valence-electron chi connectivity index (χ3n) is 3.54. The van der Waals surface area contributed by atoms with Gasteiger partial charge in [0.25, 0.3) is 5.69 Å². The molecule has 0 aliphatic heterocycles. The fraction of sp³-hybridized carbons (Fsp3) is 0.235. The van der Waals surface area contributed by atoms with Gasteiger partial charge in [-0.15, -0.1) is 0 Å². The number of carbonyl (C=O) groups is 1. The quantitative estimate of drug-likeness (QED) is 0.563. The number of ether oxygens (including phenoxy) is 1. The van der Waals surface area contributed by atoms with Crippen LogP contribution in [0.3, 0.4) is 0 Å². The van der Waals surface area contributed by atoms with Gasteiger partial charge in [-0.1, -0.05) is 29.3 Å². The molecule has 1 amide bonds. The van der Waals surface area contributed by atoms with E-state index < -0.39 is 4.92 Å². The molecular weight excluding hydrogens is 381 g/mol. The van der Waals surface area contributed by atoms with E-state index in [1.807, 2.05) is 0 Å². The molecule has 1 N–H and O–H groups in total. The van der Waals surface area contributed by atoms with Crippen molar-refractivity contribution in [3.05, 3.63) is 62.1 Å². The molecule has 2 rings (SSSR count). The predicted octanol–water partition coefficient (Wildman–Crippen LogP) is 3.98. The van der Waals surface area contributed by atoms with Crippen molar-refractivity contribution in [3.63, 3.8) is 0 Å². The van der Waals surface area contributed by atoms with E-state index in [9.17, 15) is 14.9 Å². The number of nitro groups is 1. The lowest BCUT2D eigenvalue weighted by atomic mass is 10.2. The van der Waals surface area contributed by atoms with Crippen LogP contribution in [-0.4, -0.2) is 36.4 Å². The molecule has 0 aromatic heterocycles. The summed E-state index contributed by atoms with van der Waals surface area (Å²) in [6.45, 7) is 0.455. The van der Waals surface area contributed by atoms with Gasteiger partial charge in [0.05, 0.1) is 24.6 Å². The molecule has 0 atom stereocenters. The summed E-state index contributed by atoms with van der Waals surface area (Å²) in [7, 11) is 3.15. The van der Waals surface area contributed by atoms with Gasteiger partial charge in [-0.2, -0.15) is 0 Å². The van der Waals surface area contributed by atoms with Crippen LogP contribution in [0.1, 0.15) is 5.56 Å². The zero-order chi connectivity index (χ0) is 19.3. The highest BCUT2D eigenvalue weighted by atomic mass is 35.5. The van der Waals surface area contributed by atoms with E-state index in [4.69, 9.17) is 27.9 Å². The number of amides is 1. The van der Waals surface area contributed by atoms with Gasteiger partial charge in [-0.05, 0) is 36.9 Å². The predicted molar refractivity (Wildman–Crippen MR) is 101 cm³/mol. The first-order valence-corrected chi connectivity index (χ1v) is 8.30. The number of nitrogens with one attached hydrogen (secondary N) is 1. The number of methoxy groups -OCH3 is 1. The smallest absolute Gasteiger partial charge is 0.296 e. The third-order valence-corrected chi connectivity index (χ3v) is 4.13. The largest absolute Gasteiger partial charge is 0.496 e. The standard InChI is InChI=1S/C17H17Cl2N3O4/c1-21(9-11-3-4-12(18)7-14(11)19)10-17(23)20-15-6-5-13(26-2)8-16(15)22(24)25/h3-8H,9-10H2,1-2H3,(H,20,23). The summed E-state index contributed by atoms with van der Waals surface area (Å²) in [5.74, 6) is -0.0462. The number of hydrogen-bond donors (Lipinski definition) is 1. The zero-order valence-electron chi connectivity index (χ0n) is 14.2. The van der Waals surface area contributed by atoms with E-state index in [-0.39, 0.29) is 23.8 Å². The zero-order valence-corrected chi connectivity index (χ0v) is 15.7. The second-order valence-corrected chi connectivity index (χ2v) is 6.44. The van der Waals surface area contributed by atoms with Gasteiger partial charge >= 0.3 is 0 Å². The highest BCUT2D eigenvalue weighted by Gasteiger charge is 2.18. The minimum absolute atomic E-state index is 0.0299. The molecule has 0 saturated heterocycles. The van der Waals surface area contributed by atoms with E-state index in [2.05, 4.69) is 5.32 Å². The lowest BCUT2D eigenvalue weighted by Crippen LogP contribution is -2.30. The minimum atomic E-state index is -0.574. The van der Waals surface area contributed by atoms with Crippen LogP contribution >= 0.6 is 23.2 Å². The van der Waals surface area contributed by atoms with Gasteiger partial charge in [0.2, 0.25) is 5.91 Å². The van der Waals surface area contributed by atoms with E-state index in [1.165, 1.54) is 19.2 Å². The third kappa shape index (κ3) is 5.32. The van der Waals surface area contributed by atoms with Gasteiger partial charge in [0.1, 0.15) is 11.4 Å². The van der Waals surface area contributed by atoms with E-state index >= 15 is 0 Å². The summed E-state index contributed by atoms with van der Waals surface area (Å²) < 4.78 is 4.97. The summed E-state index contributed by atoms with van der Waals surface area (Å²) in [5.41, 5.74) is 0.696. The van der Waals surface area contributed by atoms with Crippen molar-refractivity contribution in [2.24, 2.45) is 0 Å². The average Bonchev–Trinajstić information content (AvgIpc) is 2.57. The van der Waals surface area contributed by atoms with Crippen molar-refractivity contribution in [2.75, 3.05) is 26.0 Å². The Morgan fingerprint density at radius 1 is 1.27 bits per heavy atom. The number of carbonyl (C=O) groups excluding carboxylic acids is 1. The number of nitrogens with zero attached hydrogens (tertiary/aromatic N) is 2. The molecule has 0 aliphatic rings. The minimum Gasteiger partial charge on any atom is -0.496 e. The van der Waals surface area contributed by atoms with Crippen LogP contribution in [0.4, 0.5) is 11.4 Å². The number of likely N-dealkylation sites (N-methyl/N-ethyl adjacent to an activating group) is 1. The van der Waals surface area contributed by atoms with Gasteiger partial charge < -0.3 is 10.1 Å². The molecule has 138 valence electrons. The maximum Gasteiger partial charge on any atom is 0.296 e. The molecule has 9 heteroatoms. The molecule has 0 unspecified atom stereocenters. The molecule has 0 radical (unpaired) electrons. The Bertz CT molecular complexity index is 830. The van der Waals surface area contributed by atoms with Crippen molar-refractivity contribution in [3.8, 4) is 5.75 Å². The summed E-state index contributed by atoms with van der Waals surface area (Å²) in [5, 5.41) is 14.8. The maximum absolute atomic E-state index is 12.2. The van der Waals surface area contributed by atoms with Crippen molar-refractivity contribution >= 4 is 40.5 Å². The maximum atomic E-state index is 12.2. The molecule has 0 spiro atoms. The summed E-state index contributed by atoms with van der Waals surface area (Å²) in [6, 6.07) is 9.37. The Kier molecular flexibility index (Phi) is 6.79. The van der Waals surface area contributed by atoms with Crippen molar-refractivity contribution < 1.29 is 14.5 Å². The molecule has 26 heavy (non-hydrogen) atoms. The molecule has 0 saturated carbocycles. The Labute approximate surface area is 160 Å². The molecule has 0 heterocycles. The van der Waals surface area contributed by atoms with Crippen LogP contribution in [0.2, 0.25) is 10.0 Å². The van der Waals surface area contributed by atoms with E-state index in [0.717, 1.165) is 5.56 Å². The summed E-state index contributed by atoms with van der Waals surface area (Å²) in [6.07, 6.45) is 0. The monoisotopic (exact) mass is 397 g/mol. The highest BCUT2D eigenvalue weighted by Crippen LogP contribution is 2.29. The lowest BCUT2D eigenvalue weighted by molar-refractivity contribution is -0.384. The first-order valence-electron chi connectivity index (χ1n) is 7.55. The fourth-order valence-electron chi connectivity index (χ4n) is 2.33. The van der Waals surface area contributed by atoms with Crippen LogP contribution in [-0.2, 0) is 11.3 Å². The molecule has 0 fully saturated rings. The summed E-state index contributed by atoms with van der Waals surface area (Å²) >= 11 is 12.0. The van der Waals surface area contributed by atoms with Crippen LogP contribution in [0.15, 0.2) is 36.4 Å². The van der Waals surface area contributed by atoms with Gasteiger partial charge in [-0.25, -0.2) is 0 Å². The van der Waals surface area contributed by atoms with Crippen molar-refractivity contribution in [2.45, 2.75) is 6.54 Å². The van der Waals surface area contributed by atoms with Crippen LogP contribution in [0.25, 0.3) is 0 Å². The number of anilines is 1. The average molecular weight is 398 g/mol. The van der Waals surface area contributed by atoms with Gasteiger partial charge in [0, 0.05) is 16.6 Å². The Morgan fingerprint density at radius 2 is 2.00 bits per heavy atom. The van der Waals surface area contributed by atoms with E-state index in [0.29, 0.717) is 22.3 Å². The Morgan fingerprint density at radius 3 is 2.62 bits per heavy atom. The van der Waals surface area contributed by atoms with Crippen LogP contribution < -0.4 is 10.1 Å². The molecule has 0 aliphatic carbocycles. The molecule has 0 bridgehead atoms. The summed E-state index contributed by atoms with van der Waals surface area (Å²) in [4.78, 5) is 24.5. The number of halogens is 2. The number of benzene rings is 2. The number of rotatable bonds is 7. The van der Waals surface area contributed by atoms with Crippen LogP contribution in [0.5, 0.6) is 5.75 Å². The Hall–Kier alpha value is -2.35. The number of hydrogen-bond acceptors (Lipinski definition) is 5. The van der Waals surface area contributed by atoms with Gasteiger partial charge in [-0.3, -0.25) is 19.8 Å². The number of nitro benzene ring substituents is 1. The topological polar surface area (TPSA) is 84.7 Å².